The maximum absolute atomic E-state index is 10.7. The number of carboxylic acid groups (broad SMARTS) is 1. The summed E-state index contributed by atoms with van der Waals surface area (Å²) in [5.74, 6) is -0.169. The number of carbonyl (C=O) groups is 1. The number of pyridine rings is 1. The zero-order valence-corrected chi connectivity index (χ0v) is 14.1. The summed E-state index contributed by atoms with van der Waals surface area (Å²) in [4.78, 5) is 19.6. The second-order valence-electron chi connectivity index (χ2n) is 5.82. The normalized spacial score (nSPS) is 14.3. The molecular weight excluding hydrogens is 316 g/mol. The van der Waals surface area contributed by atoms with E-state index >= 15 is 0 Å². The molecule has 1 aromatic heterocycles. The van der Waals surface area contributed by atoms with Crippen molar-refractivity contribution in [2.45, 2.75) is 25.7 Å². The third-order valence-electron chi connectivity index (χ3n) is 4.14. The van der Waals surface area contributed by atoms with Crippen LogP contribution >= 0.6 is 0 Å². The smallest absolute Gasteiger partial charge is 0.303 e. The fourth-order valence-electron chi connectivity index (χ4n) is 2.95. The van der Waals surface area contributed by atoms with Crippen LogP contribution in [0.2, 0.25) is 0 Å². The first-order chi connectivity index (χ1) is 12.2. The Bertz CT molecular complexity index is 840. The van der Waals surface area contributed by atoms with Crippen molar-refractivity contribution < 1.29 is 14.6 Å². The third kappa shape index (κ3) is 3.76. The Labute approximate surface area is 146 Å². The Hall–Kier alpha value is -2.95. The van der Waals surface area contributed by atoms with E-state index in [9.17, 15) is 4.79 Å². The fraction of sp³-hybridized carbons (Fsp3) is 0.250. The lowest BCUT2D eigenvalue weighted by Crippen LogP contribution is -2.05. The van der Waals surface area contributed by atoms with E-state index in [-0.39, 0.29) is 6.42 Å². The number of methoxy groups -OCH3 is 1. The van der Waals surface area contributed by atoms with Gasteiger partial charge in [0.05, 0.1) is 12.8 Å². The average molecular weight is 336 g/mol. The highest BCUT2D eigenvalue weighted by Crippen LogP contribution is 2.36. The van der Waals surface area contributed by atoms with Gasteiger partial charge in [-0.25, -0.2) is 4.99 Å². The minimum Gasteiger partial charge on any atom is -0.481 e. The third-order valence-corrected chi connectivity index (χ3v) is 4.14. The highest BCUT2D eigenvalue weighted by Gasteiger charge is 2.20. The minimum atomic E-state index is -0.750. The summed E-state index contributed by atoms with van der Waals surface area (Å²) >= 11 is 0. The molecule has 0 fully saturated rings. The van der Waals surface area contributed by atoms with Gasteiger partial charge in [0, 0.05) is 29.9 Å². The molecule has 0 bridgehead atoms. The summed E-state index contributed by atoms with van der Waals surface area (Å²) in [6.07, 6.45) is 8.18. The first kappa shape index (κ1) is 16.9. The largest absolute Gasteiger partial charge is 0.481 e. The second-order valence-corrected chi connectivity index (χ2v) is 5.82. The van der Waals surface area contributed by atoms with Crippen LogP contribution in [-0.2, 0) is 9.53 Å². The van der Waals surface area contributed by atoms with Gasteiger partial charge in [-0.3, -0.25) is 9.78 Å². The summed E-state index contributed by atoms with van der Waals surface area (Å²) in [7, 11) is 1.62. The highest BCUT2D eigenvalue weighted by atomic mass is 16.5. The van der Waals surface area contributed by atoms with Gasteiger partial charge >= 0.3 is 5.97 Å². The first-order valence-corrected chi connectivity index (χ1v) is 8.29. The number of hydrogen-bond acceptors (Lipinski definition) is 4. The summed E-state index contributed by atoms with van der Waals surface area (Å²) < 4.78 is 5.51. The van der Waals surface area contributed by atoms with E-state index in [1.54, 1.807) is 13.3 Å². The molecule has 0 saturated carbocycles. The number of nitrogens with zero attached hydrogens (tertiary/aromatic N) is 2. The molecular formula is C20H20N2O3. The van der Waals surface area contributed by atoms with Crippen molar-refractivity contribution in [3.63, 3.8) is 0 Å². The van der Waals surface area contributed by atoms with Gasteiger partial charge in [0.1, 0.15) is 0 Å². The van der Waals surface area contributed by atoms with Crippen LogP contribution in [0.25, 0.3) is 5.57 Å². The van der Waals surface area contributed by atoms with E-state index in [0.717, 1.165) is 40.8 Å². The number of benzene rings is 1. The molecule has 3 rings (SSSR count). The Morgan fingerprint density at radius 3 is 2.72 bits per heavy atom. The molecule has 1 N–H and O–H groups in total. The Balaban J connectivity index is 2.00. The maximum atomic E-state index is 10.7. The predicted octanol–water partition coefficient (Wildman–Crippen LogP) is 4.20. The number of ether oxygens (including phenoxy) is 1. The van der Waals surface area contributed by atoms with E-state index in [2.05, 4.69) is 22.1 Å². The molecule has 0 aliphatic carbocycles. The van der Waals surface area contributed by atoms with Gasteiger partial charge in [-0.15, -0.1) is 0 Å². The quantitative estimate of drug-likeness (QED) is 0.831. The van der Waals surface area contributed by atoms with E-state index in [1.165, 1.54) is 0 Å². The lowest BCUT2D eigenvalue weighted by Gasteiger charge is -2.11. The van der Waals surface area contributed by atoms with Crippen molar-refractivity contribution in [2.24, 2.45) is 4.99 Å². The Morgan fingerprint density at radius 1 is 1.16 bits per heavy atom. The first-order valence-electron chi connectivity index (χ1n) is 8.29. The highest BCUT2D eigenvalue weighted by molar-refractivity contribution is 6.05. The van der Waals surface area contributed by atoms with E-state index < -0.39 is 5.97 Å². The fourth-order valence-corrected chi connectivity index (χ4v) is 2.95. The van der Waals surface area contributed by atoms with Crippen molar-refractivity contribution in [3.05, 3.63) is 65.5 Å². The topological polar surface area (TPSA) is 71.8 Å². The summed E-state index contributed by atoms with van der Waals surface area (Å²) in [5, 5.41) is 8.76. The van der Waals surface area contributed by atoms with Gasteiger partial charge in [-0.2, -0.15) is 0 Å². The molecule has 2 heterocycles. The molecule has 1 aliphatic heterocycles. The molecule has 0 unspecified atom stereocenters. The maximum Gasteiger partial charge on any atom is 0.303 e. The second kappa shape index (κ2) is 7.75. The molecule has 0 radical (unpaired) electrons. The van der Waals surface area contributed by atoms with Crippen LogP contribution in [0.3, 0.4) is 0 Å². The number of aliphatic carboxylic acids is 1. The molecule has 1 aliphatic rings. The van der Waals surface area contributed by atoms with Crippen molar-refractivity contribution in [2.75, 3.05) is 7.11 Å². The molecule has 25 heavy (non-hydrogen) atoms. The number of aliphatic imine (C=N–C) groups is 1. The number of allylic oxidation sites excluding steroid dienone is 1. The van der Waals surface area contributed by atoms with Crippen LogP contribution in [0.15, 0.2) is 53.8 Å². The van der Waals surface area contributed by atoms with Gasteiger partial charge < -0.3 is 9.84 Å². The van der Waals surface area contributed by atoms with Gasteiger partial charge in [0.2, 0.25) is 5.90 Å². The monoisotopic (exact) mass is 336 g/mol. The minimum absolute atomic E-state index is 0.203. The molecule has 0 saturated heterocycles. The molecule has 128 valence electrons. The van der Waals surface area contributed by atoms with Gasteiger partial charge in [0.15, 0.2) is 0 Å². The van der Waals surface area contributed by atoms with E-state index in [4.69, 9.17) is 9.84 Å². The molecule has 2 aromatic rings. The summed E-state index contributed by atoms with van der Waals surface area (Å²) in [5.41, 5.74) is 4.83. The van der Waals surface area contributed by atoms with Crippen molar-refractivity contribution in [1.29, 1.82) is 0 Å². The van der Waals surface area contributed by atoms with Crippen LogP contribution in [-0.4, -0.2) is 29.1 Å². The number of fused-ring (bicyclic) bond motifs is 2. The van der Waals surface area contributed by atoms with E-state index in [0.29, 0.717) is 12.3 Å². The number of hydrogen-bond donors (Lipinski definition) is 1. The summed E-state index contributed by atoms with van der Waals surface area (Å²) in [6.45, 7) is 0. The number of rotatable bonds is 5. The predicted molar refractivity (Wildman–Crippen MR) is 97.1 cm³/mol. The van der Waals surface area contributed by atoms with Crippen LogP contribution in [0.4, 0.5) is 5.69 Å². The standard InChI is InChI=1S/C20H20N2O3/c1-25-20-16-9-6-5-8-14(16)15(7-3-2-4-10-19(23)24)17-13-21-12-11-18(17)22-20/h5-9,11-13H,2-4,10H2,1H3,(H,23,24). The lowest BCUT2D eigenvalue weighted by molar-refractivity contribution is -0.137. The molecule has 0 atom stereocenters. The van der Waals surface area contributed by atoms with Gasteiger partial charge in [-0.05, 0) is 42.5 Å². The molecule has 0 spiro atoms. The molecule has 1 aromatic carbocycles. The molecule has 5 heteroatoms. The SMILES string of the molecule is COC1=Nc2ccncc2C(=CCCCCC(=O)O)c2ccccc21. The van der Waals surface area contributed by atoms with E-state index in [1.807, 2.05) is 30.5 Å². The number of unbranched alkanes of at least 4 members (excludes halogenated alkanes) is 2. The Morgan fingerprint density at radius 2 is 1.96 bits per heavy atom. The van der Waals surface area contributed by atoms with Crippen molar-refractivity contribution in [1.82, 2.24) is 4.98 Å². The molecule has 5 nitrogen and oxygen atoms in total. The van der Waals surface area contributed by atoms with Crippen molar-refractivity contribution in [3.8, 4) is 0 Å². The summed E-state index contributed by atoms with van der Waals surface area (Å²) in [6, 6.07) is 9.88. The number of aromatic nitrogens is 1. The lowest BCUT2D eigenvalue weighted by atomic mass is 9.93. The molecule has 0 amide bonds. The van der Waals surface area contributed by atoms with Crippen LogP contribution < -0.4 is 0 Å². The van der Waals surface area contributed by atoms with Crippen LogP contribution in [0.1, 0.15) is 42.4 Å². The Kier molecular flexibility index (Phi) is 5.23. The van der Waals surface area contributed by atoms with Gasteiger partial charge in [-0.1, -0.05) is 24.3 Å². The van der Waals surface area contributed by atoms with Crippen LogP contribution in [0, 0.1) is 0 Å². The van der Waals surface area contributed by atoms with Crippen molar-refractivity contribution >= 4 is 23.1 Å². The number of carboxylic acids is 1. The van der Waals surface area contributed by atoms with Gasteiger partial charge in [0.25, 0.3) is 0 Å². The zero-order chi connectivity index (χ0) is 17.6. The zero-order valence-electron chi connectivity index (χ0n) is 14.1. The average Bonchev–Trinajstić information content (AvgIpc) is 2.76. The van der Waals surface area contributed by atoms with Crippen LogP contribution in [0.5, 0.6) is 0 Å².